The average Bonchev–Trinajstić information content (AvgIpc) is 2.39. The summed E-state index contributed by atoms with van der Waals surface area (Å²) in [6.07, 6.45) is 0.584. The molecule has 1 N–H and O–H groups in total. The maximum absolute atomic E-state index is 9.22. The monoisotopic (exact) mass is 262 g/mol. The maximum Gasteiger partial charge on any atom is 0.119 e. The average molecular weight is 262 g/mol. The van der Waals surface area contributed by atoms with Gasteiger partial charge in [0.05, 0.1) is 19.3 Å². The lowest BCUT2D eigenvalue weighted by atomic mass is 9.96. The second kappa shape index (κ2) is 7.01. The molecule has 0 spiro atoms. The van der Waals surface area contributed by atoms with E-state index in [0.717, 1.165) is 18.0 Å². The minimum atomic E-state index is -0.555. The first kappa shape index (κ1) is 15.3. The van der Waals surface area contributed by atoms with E-state index in [1.165, 1.54) is 0 Å². The normalized spacial score (nSPS) is 15.1. The van der Waals surface area contributed by atoms with Gasteiger partial charge in [-0.05, 0) is 44.7 Å². The second-order valence-electron chi connectivity index (χ2n) is 4.78. The minimum absolute atomic E-state index is 0.0444. The first-order chi connectivity index (χ1) is 9.03. The number of nitrogens with one attached hydrogen (secondary N) is 1. The van der Waals surface area contributed by atoms with E-state index in [2.05, 4.69) is 11.4 Å². The van der Waals surface area contributed by atoms with Crippen LogP contribution in [0.15, 0.2) is 24.3 Å². The van der Waals surface area contributed by atoms with Gasteiger partial charge in [-0.15, -0.1) is 0 Å². The van der Waals surface area contributed by atoms with E-state index in [9.17, 15) is 5.26 Å². The molecule has 2 unspecified atom stereocenters. The molecule has 0 radical (unpaired) electrons. The first-order valence-electron chi connectivity index (χ1n) is 6.50. The van der Waals surface area contributed by atoms with Gasteiger partial charge < -0.3 is 9.47 Å². The van der Waals surface area contributed by atoms with Crippen LogP contribution < -0.4 is 14.8 Å². The fraction of sp³-hybridized carbons (Fsp3) is 0.533. The van der Waals surface area contributed by atoms with Gasteiger partial charge in [0, 0.05) is 6.42 Å². The van der Waals surface area contributed by atoms with Crippen molar-refractivity contribution >= 4 is 0 Å². The van der Waals surface area contributed by atoms with Crippen molar-refractivity contribution in [1.29, 1.82) is 5.26 Å². The zero-order valence-electron chi connectivity index (χ0n) is 12.1. The Morgan fingerprint density at radius 3 is 2.37 bits per heavy atom. The van der Waals surface area contributed by atoms with Gasteiger partial charge in [0.1, 0.15) is 17.0 Å². The number of rotatable bonds is 7. The number of hydrogen-bond acceptors (Lipinski definition) is 4. The third kappa shape index (κ3) is 4.80. The number of ether oxygens (including phenoxy) is 2. The lowest BCUT2D eigenvalue weighted by Crippen LogP contribution is -2.44. The van der Waals surface area contributed by atoms with Crippen LogP contribution in [-0.2, 0) is 0 Å². The van der Waals surface area contributed by atoms with E-state index in [-0.39, 0.29) is 6.10 Å². The molecule has 4 heteroatoms. The highest BCUT2D eigenvalue weighted by atomic mass is 16.5. The SMILES string of the molecule is CCNC(C)(C#N)CC(C)Oc1ccc(OC)cc1. The Morgan fingerprint density at radius 2 is 1.89 bits per heavy atom. The molecule has 0 aliphatic heterocycles. The number of benzene rings is 1. The van der Waals surface area contributed by atoms with Crippen molar-refractivity contribution in [2.24, 2.45) is 0 Å². The molecule has 104 valence electrons. The fourth-order valence-electron chi connectivity index (χ4n) is 2.05. The first-order valence-corrected chi connectivity index (χ1v) is 6.50. The van der Waals surface area contributed by atoms with Crippen molar-refractivity contribution in [3.63, 3.8) is 0 Å². The van der Waals surface area contributed by atoms with Crippen LogP contribution in [0.2, 0.25) is 0 Å². The summed E-state index contributed by atoms with van der Waals surface area (Å²) in [4.78, 5) is 0. The van der Waals surface area contributed by atoms with E-state index in [0.29, 0.717) is 6.42 Å². The van der Waals surface area contributed by atoms with Gasteiger partial charge in [-0.1, -0.05) is 6.92 Å². The fourth-order valence-corrected chi connectivity index (χ4v) is 2.05. The molecule has 0 saturated carbocycles. The van der Waals surface area contributed by atoms with E-state index in [1.54, 1.807) is 7.11 Å². The summed E-state index contributed by atoms with van der Waals surface area (Å²) >= 11 is 0. The molecule has 0 aromatic heterocycles. The van der Waals surface area contributed by atoms with E-state index in [4.69, 9.17) is 9.47 Å². The minimum Gasteiger partial charge on any atom is -0.497 e. The van der Waals surface area contributed by atoms with Crippen LogP contribution in [0.4, 0.5) is 0 Å². The molecular weight excluding hydrogens is 240 g/mol. The van der Waals surface area contributed by atoms with Crippen LogP contribution in [-0.4, -0.2) is 25.3 Å². The van der Waals surface area contributed by atoms with Gasteiger partial charge in [-0.2, -0.15) is 5.26 Å². The molecule has 4 nitrogen and oxygen atoms in total. The maximum atomic E-state index is 9.22. The highest BCUT2D eigenvalue weighted by Gasteiger charge is 2.26. The molecule has 1 aromatic rings. The highest BCUT2D eigenvalue weighted by molar-refractivity contribution is 5.31. The highest BCUT2D eigenvalue weighted by Crippen LogP contribution is 2.21. The molecular formula is C15H22N2O2. The van der Waals surface area contributed by atoms with Crippen molar-refractivity contribution < 1.29 is 9.47 Å². The van der Waals surface area contributed by atoms with Crippen molar-refractivity contribution in [2.75, 3.05) is 13.7 Å². The van der Waals surface area contributed by atoms with Crippen LogP contribution in [0.3, 0.4) is 0 Å². The van der Waals surface area contributed by atoms with Crippen LogP contribution in [0.1, 0.15) is 27.2 Å². The number of hydrogen-bond donors (Lipinski definition) is 1. The molecule has 1 aromatic carbocycles. The molecule has 0 amide bonds. The Morgan fingerprint density at radius 1 is 1.32 bits per heavy atom. The predicted molar refractivity (Wildman–Crippen MR) is 75.4 cm³/mol. The van der Waals surface area contributed by atoms with Crippen LogP contribution in [0.25, 0.3) is 0 Å². The van der Waals surface area contributed by atoms with Gasteiger partial charge in [0.2, 0.25) is 0 Å². The molecule has 0 heterocycles. The van der Waals surface area contributed by atoms with Crippen molar-refractivity contribution in [2.45, 2.75) is 38.8 Å². The molecule has 0 aliphatic carbocycles. The Hall–Kier alpha value is -1.73. The van der Waals surface area contributed by atoms with E-state index in [1.807, 2.05) is 45.0 Å². The van der Waals surface area contributed by atoms with Crippen LogP contribution in [0.5, 0.6) is 11.5 Å². The Balaban J connectivity index is 2.59. The summed E-state index contributed by atoms with van der Waals surface area (Å²) in [7, 11) is 1.63. The van der Waals surface area contributed by atoms with Crippen LogP contribution >= 0.6 is 0 Å². The quantitative estimate of drug-likeness (QED) is 0.821. The lowest BCUT2D eigenvalue weighted by Gasteiger charge is -2.26. The predicted octanol–water partition coefficient (Wildman–Crippen LogP) is 2.74. The molecule has 0 bridgehead atoms. The number of methoxy groups -OCH3 is 1. The molecule has 0 fully saturated rings. The molecule has 0 aliphatic rings. The summed E-state index contributed by atoms with van der Waals surface area (Å²) in [6.45, 7) is 6.62. The third-order valence-electron chi connectivity index (χ3n) is 2.91. The van der Waals surface area contributed by atoms with E-state index < -0.39 is 5.54 Å². The van der Waals surface area contributed by atoms with Gasteiger partial charge in [-0.25, -0.2) is 0 Å². The van der Waals surface area contributed by atoms with Gasteiger partial charge in [-0.3, -0.25) is 5.32 Å². The summed E-state index contributed by atoms with van der Waals surface area (Å²) in [5, 5.41) is 12.4. The summed E-state index contributed by atoms with van der Waals surface area (Å²) in [5.41, 5.74) is -0.555. The summed E-state index contributed by atoms with van der Waals surface area (Å²) < 4.78 is 10.9. The molecule has 0 saturated heterocycles. The topological polar surface area (TPSA) is 54.3 Å². The van der Waals surface area contributed by atoms with Crippen LogP contribution in [0, 0.1) is 11.3 Å². The molecule has 19 heavy (non-hydrogen) atoms. The van der Waals surface area contributed by atoms with Crippen molar-refractivity contribution in [3.8, 4) is 17.6 Å². The number of nitrogens with zero attached hydrogens (tertiary/aromatic N) is 1. The summed E-state index contributed by atoms with van der Waals surface area (Å²) in [6, 6.07) is 9.75. The smallest absolute Gasteiger partial charge is 0.119 e. The largest absolute Gasteiger partial charge is 0.497 e. The zero-order chi connectivity index (χ0) is 14.3. The third-order valence-corrected chi connectivity index (χ3v) is 2.91. The standard InChI is InChI=1S/C15H22N2O2/c1-5-17-15(3,11-16)10-12(2)19-14-8-6-13(18-4)7-9-14/h6-9,12,17H,5,10H2,1-4H3. The zero-order valence-corrected chi connectivity index (χ0v) is 12.1. The lowest BCUT2D eigenvalue weighted by molar-refractivity contribution is 0.180. The van der Waals surface area contributed by atoms with Gasteiger partial charge in [0.25, 0.3) is 0 Å². The van der Waals surface area contributed by atoms with Crippen molar-refractivity contribution in [1.82, 2.24) is 5.32 Å². The summed E-state index contributed by atoms with van der Waals surface area (Å²) in [5.74, 6) is 1.58. The Labute approximate surface area is 115 Å². The molecule has 1 rings (SSSR count). The Bertz CT molecular complexity index is 425. The molecule has 2 atom stereocenters. The van der Waals surface area contributed by atoms with E-state index >= 15 is 0 Å². The number of nitriles is 1. The second-order valence-corrected chi connectivity index (χ2v) is 4.78. The van der Waals surface area contributed by atoms with Gasteiger partial charge in [0.15, 0.2) is 0 Å². The Kier molecular flexibility index (Phi) is 5.65. The van der Waals surface area contributed by atoms with Crippen molar-refractivity contribution in [3.05, 3.63) is 24.3 Å². The van der Waals surface area contributed by atoms with Gasteiger partial charge >= 0.3 is 0 Å².